The fourth-order valence-corrected chi connectivity index (χ4v) is 3.52. The van der Waals surface area contributed by atoms with Gasteiger partial charge >= 0.3 is 6.18 Å². The molecule has 0 spiro atoms. The Kier molecular flexibility index (Phi) is 6.27. The number of nitrogens with zero attached hydrogens (tertiary/aromatic N) is 1. The SMILES string of the molecule is COCC1(C(=O)NCC2CCN(CC(F)(F)F)C2)CCNCC1. The third kappa shape index (κ3) is 5.32. The summed E-state index contributed by atoms with van der Waals surface area (Å²) >= 11 is 0. The van der Waals surface area contributed by atoms with E-state index in [2.05, 4.69) is 10.6 Å². The summed E-state index contributed by atoms with van der Waals surface area (Å²) in [6, 6.07) is 0. The minimum absolute atomic E-state index is 0.0323. The predicted molar refractivity (Wildman–Crippen MR) is 80.0 cm³/mol. The lowest BCUT2D eigenvalue weighted by atomic mass is 9.78. The highest BCUT2D eigenvalue weighted by molar-refractivity contribution is 5.83. The molecule has 1 unspecified atom stereocenters. The molecular formula is C15H26F3N3O2. The molecule has 1 amide bonds. The molecule has 0 aliphatic carbocycles. The summed E-state index contributed by atoms with van der Waals surface area (Å²) in [5.74, 6) is 0.0535. The van der Waals surface area contributed by atoms with Gasteiger partial charge < -0.3 is 15.4 Å². The van der Waals surface area contributed by atoms with E-state index in [1.165, 1.54) is 4.90 Å². The second-order valence-corrected chi connectivity index (χ2v) is 6.68. The zero-order chi connectivity index (χ0) is 16.9. The van der Waals surface area contributed by atoms with Crippen LogP contribution in [0.3, 0.4) is 0 Å². The summed E-state index contributed by atoms with van der Waals surface area (Å²) < 4.78 is 42.4. The van der Waals surface area contributed by atoms with E-state index in [0.717, 1.165) is 25.9 Å². The molecule has 5 nitrogen and oxygen atoms in total. The Morgan fingerprint density at radius 3 is 2.70 bits per heavy atom. The molecule has 23 heavy (non-hydrogen) atoms. The number of methoxy groups -OCH3 is 1. The number of ether oxygens (including phenoxy) is 1. The zero-order valence-corrected chi connectivity index (χ0v) is 13.5. The second kappa shape index (κ2) is 7.81. The lowest BCUT2D eigenvalue weighted by Gasteiger charge is -2.35. The summed E-state index contributed by atoms with van der Waals surface area (Å²) in [4.78, 5) is 14.0. The van der Waals surface area contributed by atoms with Gasteiger partial charge in [-0.3, -0.25) is 9.69 Å². The van der Waals surface area contributed by atoms with Crippen molar-refractivity contribution < 1.29 is 22.7 Å². The van der Waals surface area contributed by atoms with Crippen LogP contribution in [0.1, 0.15) is 19.3 Å². The summed E-state index contributed by atoms with van der Waals surface area (Å²) in [5, 5.41) is 6.18. The highest BCUT2D eigenvalue weighted by atomic mass is 19.4. The van der Waals surface area contributed by atoms with Crippen molar-refractivity contribution >= 4 is 5.91 Å². The maximum absolute atomic E-state index is 12.6. The molecule has 0 bridgehead atoms. The van der Waals surface area contributed by atoms with E-state index < -0.39 is 18.1 Å². The third-order valence-electron chi connectivity index (χ3n) is 4.79. The summed E-state index contributed by atoms with van der Waals surface area (Å²) in [7, 11) is 1.59. The summed E-state index contributed by atoms with van der Waals surface area (Å²) in [6.07, 6.45) is -2.03. The first-order chi connectivity index (χ1) is 10.8. The van der Waals surface area contributed by atoms with Crippen LogP contribution in [0, 0.1) is 11.3 Å². The standard InChI is InChI=1S/C15H26F3N3O2/c1-23-11-14(3-5-19-6-4-14)13(22)20-8-12-2-7-21(9-12)10-15(16,17)18/h12,19H,2-11H2,1H3,(H,20,22). The van der Waals surface area contributed by atoms with Crippen LogP contribution >= 0.6 is 0 Å². The van der Waals surface area contributed by atoms with Crippen LogP contribution in [-0.2, 0) is 9.53 Å². The van der Waals surface area contributed by atoms with Crippen LogP contribution in [0.2, 0.25) is 0 Å². The van der Waals surface area contributed by atoms with Crippen LogP contribution in [0.4, 0.5) is 13.2 Å². The van der Waals surface area contributed by atoms with E-state index in [4.69, 9.17) is 4.74 Å². The molecule has 0 aromatic carbocycles. The van der Waals surface area contributed by atoms with Crippen molar-refractivity contribution in [1.29, 1.82) is 0 Å². The highest BCUT2D eigenvalue weighted by Crippen LogP contribution is 2.30. The van der Waals surface area contributed by atoms with Crippen molar-refractivity contribution in [2.75, 3.05) is 53.0 Å². The molecule has 0 saturated carbocycles. The summed E-state index contributed by atoms with van der Waals surface area (Å²) in [5.41, 5.74) is -0.510. The number of carbonyl (C=O) groups is 1. The number of amides is 1. The molecule has 2 heterocycles. The minimum atomic E-state index is -4.16. The van der Waals surface area contributed by atoms with Gasteiger partial charge in [-0.1, -0.05) is 0 Å². The monoisotopic (exact) mass is 337 g/mol. The van der Waals surface area contributed by atoms with Crippen LogP contribution in [-0.4, -0.2) is 70.0 Å². The molecule has 134 valence electrons. The number of alkyl halides is 3. The molecule has 0 aromatic heterocycles. The van der Waals surface area contributed by atoms with Crippen molar-refractivity contribution in [2.24, 2.45) is 11.3 Å². The van der Waals surface area contributed by atoms with Crippen molar-refractivity contribution in [3.05, 3.63) is 0 Å². The lowest BCUT2D eigenvalue weighted by molar-refractivity contribution is -0.144. The van der Waals surface area contributed by atoms with Crippen LogP contribution in [0.25, 0.3) is 0 Å². The van der Waals surface area contributed by atoms with Gasteiger partial charge in [-0.2, -0.15) is 13.2 Å². The Bertz CT molecular complexity index is 392. The van der Waals surface area contributed by atoms with Crippen molar-refractivity contribution in [2.45, 2.75) is 25.4 Å². The van der Waals surface area contributed by atoms with Gasteiger partial charge in [0.05, 0.1) is 18.6 Å². The van der Waals surface area contributed by atoms with Gasteiger partial charge in [0, 0.05) is 20.2 Å². The number of nitrogens with one attached hydrogen (secondary N) is 2. The first kappa shape index (κ1) is 18.5. The quantitative estimate of drug-likeness (QED) is 0.759. The lowest BCUT2D eigenvalue weighted by Crippen LogP contribution is -2.51. The van der Waals surface area contributed by atoms with Gasteiger partial charge in [-0.15, -0.1) is 0 Å². The van der Waals surface area contributed by atoms with E-state index in [9.17, 15) is 18.0 Å². The normalized spacial score (nSPS) is 25.5. The predicted octanol–water partition coefficient (Wildman–Crippen LogP) is 1.00. The molecule has 2 aliphatic rings. The number of carbonyl (C=O) groups excluding carboxylic acids is 1. The molecule has 2 saturated heterocycles. The van der Waals surface area contributed by atoms with E-state index in [1.54, 1.807) is 7.11 Å². The molecule has 1 atom stereocenters. The maximum Gasteiger partial charge on any atom is 0.401 e. The van der Waals surface area contributed by atoms with Gasteiger partial charge in [-0.05, 0) is 44.8 Å². The van der Waals surface area contributed by atoms with Crippen LogP contribution in [0.15, 0.2) is 0 Å². The molecule has 0 aromatic rings. The number of likely N-dealkylation sites (tertiary alicyclic amines) is 1. The van der Waals surface area contributed by atoms with Crippen molar-refractivity contribution in [1.82, 2.24) is 15.5 Å². The Hall–Kier alpha value is -0.860. The molecular weight excluding hydrogens is 311 g/mol. The first-order valence-corrected chi connectivity index (χ1v) is 8.12. The van der Waals surface area contributed by atoms with Gasteiger partial charge in [0.2, 0.25) is 5.91 Å². The number of hydrogen-bond donors (Lipinski definition) is 2. The van der Waals surface area contributed by atoms with Gasteiger partial charge in [0.25, 0.3) is 0 Å². The Balaban J connectivity index is 1.79. The number of hydrogen-bond acceptors (Lipinski definition) is 4. The fraction of sp³-hybridized carbons (Fsp3) is 0.933. The van der Waals surface area contributed by atoms with E-state index >= 15 is 0 Å². The van der Waals surface area contributed by atoms with Crippen LogP contribution in [0.5, 0.6) is 0 Å². The first-order valence-electron chi connectivity index (χ1n) is 8.12. The Morgan fingerprint density at radius 2 is 2.09 bits per heavy atom. The van der Waals surface area contributed by atoms with Gasteiger partial charge in [0.15, 0.2) is 0 Å². The topological polar surface area (TPSA) is 53.6 Å². The Morgan fingerprint density at radius 1 is 1.39 bits per heavy atom. The van der Waals surface area contributed by atoms with E-state index in [0.29, 0.717) is 32.7 Å². The van der Waals surface area contributed by atoms with E-state index in [-0.39, 0.29) is 11.8 Å². The summed E-state index contributed by atoms with van der Waals surface area (Å²) in [6.45, 7) is 2.33. The van der Waals surface area contributed by atoms with Crippen molar-refractivity contribution in [3.63, 3.8) is 0 Å². The zero-order valence-electron chi connectivity index (χ0n) is 13.5. The maximum atomic E-state index is 12.6. The van der Waals surface area contributed by atoms with Crippen molar-refractivity contribution in [3.8, 4) is 0 Å². The third-order valence-corrected chi connectivity index (χ3v) is 4.79. The van der Waals surface area contributed by atoms with E-state index in [1.807, 2.05) is 0 Å². The molecule has 2 rings (SSSR count). The average molecular weight is 337 g/mol. The largest absolute Gasteiger partial charge is 0.401 e. The molecule has 2 N–H and O–H groups in total. The molecule has 2 fully saturated rings. The van der Waals surface area contributed by atoms with Crippen LogP contribution < -0.4 is 10.6 Å². The number of piperidine rings is 1. The molecule has 0 radical (unpaired) electrons. The molecule has 2 aliphatic heterocycles. The Labute approximate surface area is 134 Å². The number of rotatable bonds is 6. The van der Waals surface area contributed by atoms with Gasteiger partial charge in [-0.25, -0.2) is 0 Å². The second-order valence-electron chi connectivity index (χ2n) is 6.68. The highest BCUT2D eigenvalue weighted by Gasteiger charge is 2.40. The smallest absolute Gasteiger partial charge is 0.384 e. The number of halogens is 3. The average Bonchev–Trinajstić information content (AvgIpc) is 2.91. The minimum Gasteiger partial charge on any atom is -0.384 e. The fourth-order valence-electron chi connectivity index (χ4n) is 3.52. The van der Waals surface area contributed by atoms with Gasteiger partial charge in [0.1, 0.15) is 0 Å². The molecule has 8 heteroatoms.